The molecule has 1 fully saturated rings. The van der Waals surface area contributed by atoms with Crippen LogP contribution in [-0.2, 0) is 4.74 Å². The monoisotopic (exact) mass is 325 g/mol. The number of hydrogen-bond donors (Lipinski definition) is 1. The summed E-state index contributed by atoms with van der Waals surface area (Å²) >= 11 is 0. The molecule has 0 heterocycles. The Morgan fingerprint density at radius 3 is 2.67 bits per heavy atom. The number of amides is 1. The maximum absolute atomic E-state index is 12.5. The van der Waals surface area contributed by atoms with Crippen molar-refractivity contribution in [2.24, 2.45) is 17.8 Å². The zero-order chi connectivity index (χ0) is 17.1. The molecule has 2 aromatic rings. The van der Waals surface area contributed by atoms with E-state index < -0.39 is 0 Å². The van der Waals surface area contributed by atoms with E-state index in [1.54, 1.807) is 0 Å². The molecule has 0 saturated heterocycles. The number of nitrogens with one attached hydrogen (secondary N) is 1. The summed E-state index contributed by atoms with van der Waals surface area (Å²) in [5.41, 5.74) is 0.808. The SMILES string of the molecule is CC(C)[C@@H]1CC[C@@H](C)C[C@@H]1OC(=O)Nc1cccc2ccccc12. The number of hydrogen-bond acceptors (Lipinski definition) is 2. The second kappa shape index (κ2) is 7.25. The highest BCUT2D eigenvalue weighted by molar-refractivity contribution is 6.00. The Morgan fingerprint density at radius 1 is 1.12 bits per heavy atom. The van der Waals surface area contributed by atoms with Gasteiger partial charge in [-0.05, 0) is 42.0 Å². The third kappa shape index (κ3) is 3.72. The van der Waals surface area contributed by atoms with Crippen molar-refractivity contribution in [1.29, 1.82) is 0 Å². The first-order chi connectivity index (χ1) is 11.5. The van der Waals surface area contributed by atoms with Gasteiger partial charge < -0.3 is 4.74 Å². The summed E-state index contributed by atoms with van der Waals surface area (Å²) in [5.74, 6) is 1.61. The third-order valence-electron chi connectivity index (χ3n) is 5.25. The van der Waals surface area contributed by atoms with Crippen LogP contribution in [-0.4, -0.2) is 12.2 Å². The van der Waals surface area contributed by atoms with Crippen molar-refractivity contribution in [3.8, 4) is 0 Å². The lowest BCUT2D eigenvalue weighted by atomic mass is 9.75. The Balaban J connectivity index is 1.72. The summed E-state index contributed by atoms with van der Waals surface area (Å²) in [6.07, 6.45) is 3.02. The topological polar surface area (TPSA) is 38.3 Å². The second-order valence-electron chi connectivity index (χ2n) is 7.42. The molecule has 1 N–H and O–H groups in total. The van der Waals surface area contributed by atoms with Gasteiger partial charge in [0.05, 0.1) is 5.69 Å². The van der Waals surface area contributed by atoms with E-state index in [1.165, 1.54) is 6.42 Å². The molecule has 0 bridgehead atoms. The zero-order valence-corrected chi connectivity index (χ0v) is 14.8. The Bertz CT molecular complexity index is 705. The van der Waals surface area contributed by atoms with Gasteiger partial charge in [0.1, 0.15) is 6.10 Å². The Morgan fingerprint density at radius 2 is 1.88 bits per heavy atom. The summed E-state index contributed by atoms with van der Waals surface area (Å²) in [6.45, 7) is 6.69. The highest BCUT2D eigenvalue weighted by atomic mass is 16.6. The van der Waals surface area contributed by atoms with E-state index in [9.17, 15) is 4.79 Å². The van der Waals surface area contributed by atoms with Crippen molar-refractivity contribution >= 4 is 22.6 Å². The predicted octanol–water partition coefficient (Wildman–Crippen LogP) is 5.85. The first kappa shape index (κ1) is 16.8. The molecule has 0 unspecified atom stereocenters. The number of rotatable bonds is 3. The summed E-state index contributed by atoms with van der Waals surface area (Å²) in [4.78, 5) is 12.5. The molecule has 3 rings (SSSR count). The summed E-state index contributed by atoms with van der Waals surface area (Å²) in [6, 6.07) is 14.0. The summed E-state index contributed by atoms with van der Waals surface area (Å²) < 4.78 is 5.84. The minimum absolute atomic E-state index is 0.0173. The fourth-order valence-corrected chi connectivity index (χ4v) is 3.86. The van der Waals surface area contributed by atoms with E-state index >= 15 is 0 Å². The molecular weight excluding hydrogens is 298 g/mol. The van der Waals surface area contributed by atoms with E-state index in [0.29, 0.717) is 17.8 Å². The minimum atomic E-state index is -0.337. The van der Waals surface area contributed by atoms with Crippen molar-refractivity contribution in [3.05, 3.63) is 42.5 Å². The standard InChI is InChI=1S/C21H27NO2/c1-14(2)17-12-11-15(3)13-20(17)24-21(23)22-19-10-6-8-16-7-4-5-9-18(16)19/h4-10,14-15,17,20H,11-13H2,1-3H3,(H,22,23)/t15-,17+,20+/m1/s1. The van der Waals surface area contributed by atoms with E-state index in [4.69, 9.17) is 4.74 Å². The molecule has 0 spiro atoms. The maximum Gasteiger partial charge on any atom is 0.411 e. The Hall–Kier alpha value is -2.03. The quantitative estimate of drug-likeness (QED) is 0.768. The van der Waals surface area contributed by atoms with E-state index in [-0.39, 0.29) is 12.2 Å². The van der Waals surface area contributed by atoms with Crippen LogP contribution in [0.25, 0.3) is 10.8 Å². The van der Waals surface area contributed by atoms with Gasteiger partial charge in [-0.1, -0.05) is 63.6 Å². The summed E-state index contributed by atoms with van der Waals surface area (Å²) in [5, 5.41) is 5.09. The average Bonchev–Trinajstić information content (AvgIpc) is 2.55. The fourth-order valence-electron chi connectivity index (χ4n) is 3.86. The first-order valence-electron chi connectivity index (χ1n) is 9.00. The molecule has 0 aromatic heterocycles. The molecule has 2 aromatic carbocycles. The minimum Gasteiger partial charge on any atom is -0.446 e. The van der Waals surface area contributed by atoms with Gasteiger partial charge >= 0.3 is 6.09 Å². The second-order valence-corrected chi connectivity index (χ2v) is 7.42. The van der Waals surface area contributed by atoms with Gasteiger partial charge in [0, 0.05) is 5.39 Å². The number of benzene rings is 2. The molecule has 0 radical (unpaired) electrons. The van der Waals surface area contributed by atoms with Crippen LogP contribution in [0.3, 0.4) is 0 Å². The van der Waals surface area contributed by atoms with Gasteiger partial charge in [-0.2, -0.15) is 0 Å². The van der Waals surface area contributed by atoms with Crippen LogP contribution in [0.15, 0.2) is 42.5 Å². The predicted molar refractivity (Wildman–Crippen MR) is 99.2 cm³/mol. The molecule has 128 valence electrons. The normalized spacial score (nSPS) is 24.1. The smallest absolute Gasteiger partial charge is 0.411 e. The number of carbonyl (C=O) groups excluding carboxylic acids is 1. The molecule has 1 saturated carbocycles. The van der Waals surface area contributed by atoms with E-state index in [2.05, 4.69) is 26.1 Å². The van der Waals surface area contributed by atoms with Crippen LogP contribution >= 0.6 is 0 Å². The average molecular weight is 325 g/mol. The largest absolute Gasteiger partial charge is 0.446 e. The van der Waals surface area contributed by atoms with Crippen LogP contribution in [0.5, 0.6) is 0 Å². The van der Waals surface area contributed by atoms with Crippen LogP contribution in [0, 0.1) is 17.8 Å². The molecule has 3 heteroatoms. The van der Waals surface area contributed by atoms with Crippen LogP contribution < -0.4 is 5.32 Å². The van der Waals surface area contributed by atoms with Crippen molar-refractivity contribution in [2.45, 2.75) is 46.1 Å². The number of fused-ring (bicyclic) bond motifs is 1. The molecule has 1 aliphatic carbocycles. The molecule has 24 heavy (non-hydrogen) atoms. The number of ether oxygens (including phenoxy) is 1. The lowest BCUT2D eigenvalue weighted by molar-refractivity contribution is 0.0126. The van der Waals surface area contributed by atoms with Crippen molar-refractivity contribution in [2.75, 3.05) is 5.32 Å². The van der Waals surface area contributed by atoms with Gasteiger partial charge in [0.15, 0.2) is 0 Å². The lowest BCUT2D eigenvalue weighted by Gasteiger charge is -2.36. The number of anilines is 1. The zero-order valence-electron chi connectivity index (χ0n) is 14.8. The molecule has 3 nitrogen and oxygen atoms in total. The van der Waals surface area contributed by atoms with Gasteiger partial charge in [0.2, 0.25) is 0 Å². The lowest BCUT2D eigenvalue weighted by Crippen LogP contribution is -2.36. The van der Waals surface area contributed by atoms with Crippen LogP contribution in [0.1, 0.15) is 40.0 Å². The maximum atomic E-state index is 12.5. The molecule has 1 aliphatic rings. The fraction of sp³-hybridized carbons (Fsp3) is 0.476. The van der Waals surface area contributed by atoms with Crippen LogP contribution in [0.4, 0.5) is 10.5 Å². The van der Waals surface area contributed by atoms with Crippen LogP contribution in [0.2, 0.25) is 0 Å². The van der Waals surface area contributed by atoms with Crippen molar-refractivity contribution in [3.63, 3.8) is 0 Å². The van der Waals surface area contributed by atoms with E-state index in [1.807, 2.05) is 42.5 Å². The van der Waals surface area contributed by atoms with E-state index in [0.717, 1.165) is 29.3 Å². The highest BCUT2D eigenvalue weighted by Gasteiger charge is 2.33. The van der Waals surface area contributed by atoms with Gasteiger partial charge in [-0.25, -0.2) is 4.79 Å². The molecular formula is C21H27NO2. The van der Waals surface area contributed by atoms with Gasteiger partial charge in [-0.3, -0.25) is 5.32 Å². The number of carbonyl (C=O) groups is 1. The van der Waals surface area contributed by atoms with Gasteiger partial charge in [0.25, 0.3) is 0 Å². The molecule has 0 aliphatic heterocycles. The molecule has 3 atom stereocenters. The molecule has 1 amide bonds. The Labute approximate surface area is 144 Å². The van der Waals surface area contributed by atoms with Gasteiger partial charge in [-0.15, -0.1) is 0 Å². The highest BCUT2D eigenvalue weighted by Crippen LogP contribution is 2.35. The first-order valence-corrected chi connectivity index (χ1v) is 9.00. The van der Waals surface area contributed by atoms with Crippen molar-refractivity contribution in [1.82, 2.24) is 0 Å². The van der Waals surface area contributed by atoms with Crippen molar-refractivity contribution < 1.29 is 9.53 Å². The third-order valence-corrected chi connectivity index (χ3v) is 5.25. The summed E-state index contributed by atoms with van der Waals surface area (Å²) in [7, 11) is 0. The Kier molecular flexibility index (Phi) is 5.08.